The molecule has 1 amide bonds. The van der Waals surface area contributed by atoms with Crippen LogP contribution in [0.15, 0.2) is 43.1 Å². The van der Waals surface area contributed by atoms with Gasteiger partial charge in [0.15, 0.2) is 0 Å². The largest absolute Gasteiger partial charge is 0.347 e. The van der Waals surface area contributed by atoms with Crippen molar-refractivity contribution < 1.29 is 4.79 Å². The summed E-state index contributed by atoms with van der Waals surface area (Å²) in [5, 5.41) is 2.95. The lowest BCUT2D eigenvalue weighted by atomic mass is 10.2. The van der Waals surface area contributed by atoms with Gasteiger partial charge in [0.2, 0.25) is 0 Å². The number of hydrogen-bond donors (Lipinski definition) is 1. The van der Waals surface area contributed by atoms with E-state index in [2.05, 4.69) is 29.1 Å². The second-order valence-corrected chi connectivity index (χ2v) is 6.48. The molecule has 0 unspecified atom stereocenters. The predicted octanol–water partition coefficient (Wildman–Crippen LogP) is 3.13. The summed E-state index contributed by atoms with van der Waals surface area (Å²) < 4.78 is 1.84. The van der Waals surface area contributed by atoms with E-state index in [0.29, 0.717) is 6.54 Å². The molecule has 0 atom stereocenters. The normalized spacial score (nSPS) is 10.7. The van der Waals surface area contributed by atoms with Crippen LogP contribution in [0.2, 0.25) is 0 Å². The van der Waals surface area contributed by atoms with Crippen molar-refractivity contribution in [2.24, 2.45) is 0 Å². The highest BCUT2D eigenvalue weighted by Crippen LogP contribution is 2.22. The molecule has 0 saturated heterocycles. The molecule has 23 heavy (non-hydrogen) atoms. The number of aromatic nitrogens is 3. The number of hydrogen-bond acceptors (Lipinski definition) is 4. The van der Waals surface area contributed by atoms with Gasteiger partial charge in [0.05, 0.1) is 4.88 Å². The van der Waals surface area contributed by atoms with Crippen LogP contribution in [0.3, 0.4) is 0 Å². The molecule has 0 radical (unpaired) electrons. The minimum atomic E-state index is -0.0310. The third-order valence-corrected chi connectivity index (χ3v) is 4.75. The molecule has 0 fully saturated rings. The zero-order valence-corrected chi connectivity index (χ0v) is 13.9. The van der Waals surface area contributed by atoms with Crippen LogP contribution in [-0.4, -0.2) is 20.4 Å². The number of nitrogens with zero attached hydrogens (tertiary/aromatic N) is 3. The topological polar surface area (TPSA) is 59.8 Å². The predicted molar refractivity (Wildman–Crippen MR) is 91.0 cm³/mol. The van der Waals surface area contributed by atoms with Gasteiger partial charge < -0.3 is 5.32 Å². The van der Waals surface area contributed by atoms with E-state index in [4.69, 9.17) is 0 Å². The summed E-state index contributed by atoms with van der Waals surface area (Å²) in [4.78, 5) is 22.6. The van der Waals surface area contributed by atoms with Crippen molar-refractivity contribution in [1.29, 1.82) is 0 Å². The molecule has 6 heteroatoms. The molecule has 0 aliphatic carbocycles. The lowest BCUT2D eigenvalue weighted by molar-refractivity contribution is 0.0955. The fraction of sp³-hybridized carbons (Fsp3) is 0.235. The Morgan fingerprint density at radius 1 is 1.39 bits per heavy atom. The number of pyridine rings is 1. The van der Waals surface area contributed by atoms with Crippen LogP contribution < -0.4 is 5.32 Å². The summed E-state index contributed by atoms with van der Waals surface area (Å²) in [6.45, 7) is 4.62. The van der Waals surface area contributed by atoms with Crippen LogP contribution >= 0.6 is 11.3 Å². The standard InChI is InChI=1S/C17H18N4OS/c1-3-14-8-15(23-12(14)2)17(22)20-10-13-4-5-16(19-9-13)21-7-6-18-11-21/h4-9,11H,3,10H2,1-2H3,(H,20,22). The van der Waals surface area contributed by atoms with Crippen molar-refractivity contribution in [1.82, 2.24) is 19.9 Å². The highest BCUT2D eigenvalue weighted by molar-refractivity contribution is 7.14. The highest BCUT2D eigenvalue weighted by Gasteiger charge is 2.11. The van der Waals surface area contributed by atoms with Crippen molar-refractivity contribution in [3.05, 3.63) is 64.0 Å². The molecule has 3 aromatic heterocycles. The van der Waals surface area contributed by atoms with Crippen molar-refractivity contribution >= 4 is 17.2 Å². The van der Waals surface area contributed by atoms with Crippen LogP contribution in [0.4, 0.5) is 0 Å². The summed E-state index contributed by atoms with van der Waals surface area (Å²) in [5.74, 6) is 0.774. The van der Waals surface area contributed by atoms with Gasteiger partial charge in [-0.3, -0.25) is 9.36 Å². The van der Waals surface area contributed by atoms with E-state index in [0.717, 1.165) is 22.7 Å². The Hall–Kier alpha value is -2.47. The van der Waals surface area contributed by atoms with Crippen molar-refractivity contribution in [2.45, 2.75) is 26.8 Å². The van der Waals surface area contributed by atoms with E-state index >= 15 is 0 Å². The molecular formula is C17H18N4OS. The monoisotopic (exact) mass is 326 g/mol. The number of rotatable bonds is 5. The number of nitrogens with one attached hydrogen (secondary N) is 1. The van der Waals surface area contributed by atoms with Crippen LogP contribution in [0.25, 0.3) is 5.82 Å². The van der Waals surface area contributed by atoms with E-state index < -0.39 is 0 Å². The quantitative estimate of drug-likeness (QED) is 0.783. The average Bonchev–Trinajstić information content (AvgIpc) is 3.22. The Morgan fingerprint density at radius 2 is 2.26 bits per heavy atom. The lowest BCUT2D eigenvalue weighted by Gasteiger charge is -2.05. The minimum Gasteiger partial charge on any atom is -0.347 e. The van der Waals surface area contributed by atoms with E-state index in [1.54, 1.807) is 30.1 Å². The molecule has 0 spiro atoms. The summed E-state index contributed by atoms with van der Waals surface area (Å²) in [6.07, 6.45) is 7.98. The van der Waals surface area contributed by atoms with E-state index in [9.17, 15) is 4.79 Å². The van der Waals surface area contributed by atoms with Gasteiger partial charge in [-0.2, -0.15) is 0 Å². The zero-order chi connectivity index (χ0) is 16.2. The average molecular weight is 326 g/mol. The first-order valence-electron chi connectivity index (χ1n) is 7.48. The van der Waals surface area contributed by atoms with Gasteiger partial charge in [-0.1, -0.05) is 13.0 Å². The molecule has 0 saturated carbocycles. The molecule has 0 aliphatic heterocycles. The number of amides is 1. The van der Waals surface area contributed by atoms with E-state index in [1.165, 1.54) is 10.4 Å². The maximum Gasteiger partial charge on any atom is 0.261 e. The summed E-state index contributed by atoms with van der Waals surface area (Å²) >= 11 is 1.54. The van der Waals surface area contributed by atoms with Crippen LogP contribution in [-0.2, 0) is 13.0 Å². The number of thiophene rings is 1. The van der Waals surface area contributed by atoms with Gasteiger partial charge in [0, 0.05) is 30.0 Å². The van der Waals surface area contributed by atoms with Crippen LogP contribution in [0.1, 0.15) is 32.6 Å². The summed E-state index contributed by atoms with van der Waals surface area (Å²) in [7, 11) is 0. The van der Waals surface area contributed by atoms with Crippen molar-refractivity contribution in [3.8, 4) is 5.82 Å². The van der Waals surface area contributed by atoms with Gasteiger partial charge in [-0.15, -0.1) is 11.3 Å². The molecule has 5 nitrogen and oxygen atoms in total. The van der Waals surface area contributed by atoms with Gasteiger partial charge in [-0.25, -0.2) is 9.97 Å². The second-order valence-electron chi connectivity index (χ2n) is 5.22. The van der Waals surface area contributed by atoms with Crippen molar-refractivity contribution in [2.75, 3.05) is 0 Å². The lowest BCUT2D eigenvalue weighted by Crippen LogP contribution is -2.21. The Morgan fingerprint density at radius 3 is 2.87 bits per heavy atom. The Balaban J connectivity index is 1.62. The van der Waals surface area contributed by atoms with Crippen LogP contribution in [0.5, 0.6) is 0 Å². The third-order valence-electron chi connectivity index (χ3n) is 3.66. The zero-order valence-electron chi connectivity index (χ0n) is 13.1. The Bertz CT molecular complexity index is 791. The fourth-order valence-electron chi connectivity index (χ4n) is 2.32. The first kappa shape index (κ1) is 15.4. The molecule has 118 valence electrons. The highest BCUT2D eigenvalue weighted by atomic mass is 32.1. The first-order valence-corrected chi connectivity index (χ1v) is 8.29. The number of imidazole rings is 1. The molecule has 3 heterocycles. The molecule has 3 aromatic rings. The molecule has 0 bridgehead atoms. The molecular weight excluding hydrogens is 308 g/mol. The summed E-state index contributed by atoms with van der Waals surface area (Å²) in [6, 6.07) is 5.85. The first-order chi connectivity index (χ1) is 11.2. The number of aryl methyl sites for hydroxylation is 2. The fourth-order valence-corrected chi connectivity index (χ4v) is 3.35. The van der Waals surface area contributed by atoms with Crippen molar-refractivity contribution in [3.63, 3.8) is 0 Å². The maximum atomic E-state index is 12.2. The SMILES string of the molecule is CCc1cc(C(=O)NCc2ccc(-n3ccnc3)nc2)sc1C. The minimum absolute atomic E-state index is 0.0310. The molecule has 1 N–H and O–H groups in total. The number of carbonyl (C=O) groups is 1. The molecule has 0 aromatic carbocycles. The molecule has 0 aliphatic rings. The van der Waals surface area contributed by atoms with Gasteiger partial charge in [0.1, 0.15) is 12.1 Å². The van der Waals surface area contributed by atoms with Gasteiger partial charge in [-0.05, 0) is 36.6 Å². The van der Waals surface area contributed by atoms with Gasteiger partial charge >= 0.3 is 0 Å². The van der Waals surface area contributed by atoms with E-state index in [1.807, 2.05) is 29.0 Å². The maximum absolute atomic E-state index is 12.2. The van der Waals surface area contributed by atoms with E-state index in [-0.39, 0.29) is 5.91 Å². The Kier molecular flexibility index (Phi) is 4.52. The molecule has 3 rings (SSSR count). The third kappa shape index (κ3) is 3.48. The Labute approximate surface area is 139 Å². The van der Waals surface area contributed by atoms with Crippen LogP contribution in [0, 0.1) is 6.92 Å². The summed E-state index contributed by atoms with van der Waals surface area (Å²) in [5.41, 5.74) is 2.21. The number of carbonyl (C=O) groups excluding carboxylic acids is 1. The van der Waals surface area contributed by atoms with Gasteiger partial charge in [0.25, 0.3) is 5.91 Å². The second kappa shape index (κ2) is 6.75. The smallest absolute Gasteiger partial charge is 0.261 e.